The van der Waals surface area contributed by atoms with Crippen molar-refractivity contribution in [1.29, 1.82) is 0 Å². The number of nitrogens with one attached hydrogen (secondary N) is 2. The molecule has 4 nitrogen and oxygen atoms in total. The summed E-state index contributed by atoms with van der Waals surface area (Å²) >= 11 is 6.17. The predicted octanol–water partition coefficient (Wildman–Crippen LogP) is 4.04. The highest BCUT2D eigenvalue weighted by Gasteiger charge is 2.43. The van der Waals surface area contributed by atoms with Gasteiger partial charge in [0.25, 0.3) is 0 Å². The van der Waals surface area contributed by atoms with E-state index in [1.165, 1.54) is 12.5 Å². The molecule has 1 aliphatic carbocycles. The van der Waals surface area contributed by atoms with Crippen LogP contribution in [-0.4, -0.2) is 11.8 Å². The second kappa shape index (κ2) is 6.42. The smallest absolute Gasteiger partial charge is 0.228 e. The molecule has 1 saturated carbocycles. The zero-order valence-electron chi connectivity index (χ0n) is 12.7. The van der Waals surface area contributed by atoms with Crippen molar-refractivity contribution in [2.75, 3.05) is 10.6 Å². The molecule has 2 atom stereocenters. The lowest BCUT2D eigenvalue weighted by Crippen LogP contribution is -2.15. The van der Waals surface area contributed by atoms with E-state index in [9.17, 15) is 9.59 Å². The van der Waals surface area contributed by atoms with Gasteiger partial charge in [0.05, 0.1) is 10.7 Å². The molecule has 1 aliphatic rings. The number of rotatable bonds is 4. The third-order valence-corrected chi connectivity index (χ3v) is 4.21. The highest BCUT2D eigenvalue weighted by molar-refractivity contribution is 6.34. The van der Waals surface area contributed by atoms with Crippen molar-refractivity contribution in [3.05, 3.63) is 59.1 Å². The van der Waals surface area contributed by atoms with E-state index in [-0.39, 0.29) is 23.7 Å². The molecule has 0 heterocycles. The standard InChI is InChI=1S/C18H17ClN2O2/c1-11(22)20-13-7-8-17(16(19)9-13)21-18(23)15-10-14(15)12-5-3-2-4-6-12/h2-9,14-15H,10H2,1H3,(H,20,22)(H,21,23)/t14-,15+/m1/s1. The third kappa shape index (κ3) is 3.71. The molecule has 2 aromatic rings. The molecule has 0 bridgehead atoms. The fourth-order valence-corrected chi connectivity index (χ4v) is 2.90. The maximum atomic E-state index is 12.3. The van der Waals surface area contributed by atoms with Crippen LogP contribution in [0, 0.1) is 5.92 Å². The van der Waals surface area contributed by atoms with E-state index >= 15 is 0 Å². The Kier molecular flexibility index (Phi) is 4.35. The molecule has 5 heteroatoms. The molecule has 0 radical (unpaired) electrons. The van der Waals surface area contributed by atoms with Gasteiger partial charge in [0.2, 0.25) is 11.8 Å². The molecule has 0 spiro atoms. The summed E-state index contributed by atoms with van der Waals surface area (Å²) in [5, 5.41) is 5.93. The van der Waals surface area contributed by atoms with Gasteiger partial charge in [-0.15, -0.1) is 0 Å². The Morgan fingerprint density at radius 2 is 1.83 bits per heavy atom. The van der Waals surface area contributed by atoms with Crippen LogP contribution >= 0.6 is 11.6 Å². The number of hydrogen-bond acceptors (Lipinski definition) is 2. The predicted molar refractivity (Wildman–Crippen MR) is 91.7 cm³/mol. The summed E-state index contributed by atoms with van der Waals surface area (Å²) < 4.78 is 0. The number of carbonyl (C=O) groups excluding carboxylic acids is 2. The zero-order valence-corrected chi connectivity index (χ0v) is 13.4. The first-order valence-corrected chi connectivity index (χ1v) is 7.85. The fourth-order valence-electron chi connectivity index (χ4n) is 2.68. The van der Waals surface area contributed by atoms with Crippen molar-refractivity contribution < 1.29 is 9.59 Å². The lowest BCUT2D eigenvalue weighted by Gasteiger charge is -2.09. The zero-order chi connectivity index (χ0) is 16.4. The first-order valence-electron chi connectivity index (χ1n) is 7.47. The minimum absolute atomic E-state index is 0.0107. The average Bonchev–Trinajstić information content (AvgIpc) is 3.31. The van der Waals surface area contributed by atoms with Crippen molar-refractivity contribution in [3.63, 3.8) is 0 Å². The number of hydrogen-bond donors (Lipinski definition) is 2. The summed E-state index contributed by atoms with van der Waals surface area (Å²) in [6.07, 6.45) is 0.859. The Morgan fingerprint density at radius 3 is 2.48 bits per heavy atom. The minimum atomic E-state index is -0.165. The molecule has 118 valence electrons. The number of carbonyl (C=O) groups is 2. The SMILES string of the molecule is CC(=O)Nc1ccc(NC(=O)[C@H]2C[C@@H]2c2ccccc2)c(Cl)c1. The van der Waals surface area contributed by atoms with Crippen LogP contribution in [0.4, 0.5) is 11.4 Å². The van der Waals surface area contributed by atoms with Gasteiger partial charge < -0.3 is 10.6 Å². The van der Waals surface area contributed by atoms with Gasteiger partial charge in [-0.25, -0.2) is 0 Å². The lowest BCUT2D eigenvalue weighted by atomic mass is 10.1. The number of benzene rings is 2. The van der Waals surface area contributed by atoms with E-state index in [0.29, 0.717) is 16.4 Å². The molecular formula is C18H17ClN2O2. The van der Waals surface area contributed by atoms with Crippen LogP contribution in [0.5, 0.6) is 0 Å². The number of anilines is 2. The summed E-state index contributed by atoms with van der Waals surface area (Å²) in [6, 6.07) is 15.1. The van der Waals surface area contributed by atoms with Crippen molar-refractivity contribution in [1.82, 2.24) is 0 Å². The molecule has 3 rings (SSSR count). The Morgan fingerprint density at radius 1 is 1.09 bits per heavy atom. The van der Waals surface area contributed by atoms with Crippen molar-refractivity contribution in [2.45, 2.75) is 19.3 Å². The van der Waals surface area contributed by atoms with E-state index in [1.807, 2.05) is 30.3 Å². The second-order valence-corrected chi connectivity index (χ2v) is 6.13. The molecule has 2 amide bonds. The Bertz CT molecular complexity index is 746. The molecule has 0 unspecified atom stereocenters. The number of amides is 2. The van der Waals surface area contributed by atoms with Crippen LogP contribution in [0.2, 0.25) is 5.02 Å². The van der Waals surface area contributed by atoms with Crippen molar-refractivity contribution in [2.24, 2.45) is 5.92 Å². The highest BCUT2D eigenvalue weighted by Crippen LogP contribution is 2.48. The summed E-state index contributed by atoms with van der Waals surface area (Å²) in [5.41, 5.74) is 2.36. The quantitative estimate of drug-likeness (QED) is 0.889. The monoisotopic (exact) mass is 328 g/mol. The summed E-state index contributed by atoms with van der Waals surface area (Å²) in [5.74, 6) is 0.0895. The molecule has 23 heavy (non-hydrogen) atoms. The van der Waals surface area contributed by atoms with Crippen molar-refractivity contribution in [3.8, 4) is 0 Å². The van der Waals surface area contributed by atoms with E-state index in [1.54, 1.807) is 18.2 Å². The first-order chi connectivity index (χ1) is 11.0. The molecule has 1 fully saturated rings. The Balaban J connectivity index is 1.64. The van der Waals surface area contributed by atoms with Gasteiger partial charge in [-0.2, -0.15) is 0 Å². The van der Waals surface area contributed by atoms with E-state index in [2.05, 4.69) is 10.6 Å². The van der Waals surface area contributed by atoms with Crippen LogP contribution < -0.4 is 10.6 Å². The molecule has 2 N–H and O–H groups in total. The highest BCUT2D eigenvalue weighted by atomic mass is 35.5. The molecule has 2 aromatic carbocycles. The van der Waals surface area contributed by atoms with Crippen LogP contribution in [0.15, 0.2) is 48.5 Å². The van der Waals surface area contributed by atoms with E-state index < -0.39 is 0 Å². The normalized spacial score (nSPS) is 19.0. The van der Waals surface area contributed by atoms with Gasteiger partial charge in [-0.1, -0.05) is 41.9 Å². The Labute approximate surface area is 139 Å². The summed E-state index contributed by atoms with van der Waals surface area (Å²) in [6.45, 7) is 1.43. The topological polar surface area (TPSA) is 58.2 Å². The van der Waals surface area contributed by atoms with Crippen LogP contribution in [0.1, 0.15) is 24.8 Å². The van der Waals surface area contributed by atoms with Gasteiger partial charge in [0, 0.05) is 18.5 Å². The molecule has 0 aromatic heterocycles. The average molecular weight is 329 g/mol. The van der Waals surface area contributed by atoms with Crippen LogP contribution in [0.25, 0.3) is 0 Å². The summed E-state index contributed by atoms with van der Waals surface area (Å²) in [7, 11) is 0. The largest absolute Gasteiger partial charge is 0.326 e. The van der Waals surface area contributed by atoms with Gasteiger partial charge in [-0.05, 0) is 36.1 Å². The van der Waals surface area contributed by atoms with Gasteiger partial charge in [-0.3, -0.25) is 9.59 Å². The second-order valence-electron chi connectivity index (χ2n) is 5.72. The fraction of sp³-hybridized carbons (Fsp3) is 0.222. The number of halogens is 1. The Hall–Kier alpha value is -2.33. The van der Waals surface area contributed by atoms with Crippen LogP contribution in [0.3, 0.4) is 0 Å². The van der Waals surface area contributed by atoms with Gasteiger partial charge in [0.1, 0.15) is 0 Å². The third-order valence-electron chi connectivity index (χ3n) is 3.90. The van der Waals surface area contributed by atoms with Crippen molar-refractivity contribution >= 4 is 34.8 Å². The summed E-state index contributed by atoms with van der Waals surface area (Å²) in [4.78, 5) is 23.4. The van der Waals surface area contributed by atoms with Crippen LogP contribution in [-0.2, 0) is 9.59 Å². The lowest BCUT2D eigenvalue weighted by molar-refractivity contribution is -0.117. The minimum Gasteiger partial charge on any atom is -0.326 e. The van der Waals surface area contributed by atoms with E-state index in [0.717, 1.165) is 6.42 Å². The molecular weight excluding hydrogens is 312 g/mol. The first kappa shape index (κ1) is 15.6. The van der Waals surface area contributed by atoms with Gasteiger partial charge in [0.15, 0.2) is 0 Å². The molecule has 0 saturated heterocycles. The maximum absolute atomic E-state index is 12.3. The molecule has 0 aliphatic heterocycles. The van der Waals surface area contributed by atoms with E-state index in [4.69, 9.17) is 11.6 Å². The van der Waals surface area contributed by atoms with Gasteiger partial charge >= 0.3 is 0 Å². The maximum Gasteiger partial charge on any atom is 0.228 e.